The average molecular weight is 375 g/mol. The number of halogens is 1. The highest BCUT2D eigenvalue weighted by Gasteiger charge is 2.29. The lowest BCUT2D eigenvalue weighted by molar-refractivity contribution is -0.144. The molecule has 0 radical (unpaired) electrons. The van der Waals surface area contributed by atoms with Gasteiger partial charge in [-0.25, -0.2) is 0 Å². The summed E-state index contributed by atoms with van der Waals surface area (Å²) >= 11 is 6.16. The van der Waals surface area contributed by atoms with Crippen LogP contribution in [0.25, 0.3) is 0 Å². The zero-order chi connectivity index (χ0) is 18.5. The van der Waals surface area contributed by atoms with Crippen molar-refractivity contribution in [1.82, 2.24) is 9.80 Å². The van der Waals surface area contributed by atoms with E-state index in [9.17, 15) is 9.90 Å². The second kappa shape index (κ2) is 8.54. The normalized spacial score (nSPS) is 17.0. The Morgan fingerprint density at radius 1 is 1.15 bits per heavy atom. The van der Waals surface area contributed by atoms with Crippen molar-refractivity contribution < 1.29 is 14.6 Å². The molecule has 138 valence electrons. The predicted molar refractivity (Wildman–Crippen MR) is 102 cm³/mol. The average Bonchev–Trinajstić information content (AvgIpc) is 2.63. The van der Waals surface area contributed by atoms with Crippen molar-refractivity contribution >= 4 is 17.6 Å². The molecular formula is C20H23ClN2O3. The third-order valence-electron chi connectivity index (χ3n) is 4.67. The fourth-order valence-electron chi connectivity index (χ4n) is 3.14. The molecule has 1 N–H and O–H groups in total. The molecule has 1 aliphatic heterocycles. The summed E-state index contributed by atoms with van der Waals surface area (Å²) < 4.78 is 5.97. The summed E-state index contributed by atoms with van der Waals surface area (Å²) in [4.78, 5) is 16.1. The standard InChI is InChI=1S/C20H23ClN2O3/c1-22-9-11-23(12-10-22)18(20(24)25)14-15-13-16(21)7-8-19(15)26-17-5-3-2-4-6-17/h2-8,13,18H,9-12,14H2,1H3,(H,24,25)/t18-/m0/s1. The minimum Gasteiger partial charge on any atom is -0.480 e. The minimum atomic E-state index is -0.819. The quantitative estimate of drug-likeness (QED) is 0.840. The summed E-state index contributed by atoms with van der Waals surface area (Å²) in [6.07, 6.45) is 0.349. The molecule has 2 aromatic rings. The fraction of sp³-hybridized carbons (Fsp3) is 0.350. The van der Waals surface area contributed by atoms with Gasteiger partial charge in [0.15, 0.2) is 0 Å². The first-order valence-electron chi connectivity index (χ1n) is 8.69. The first-order chi connectivity index (χ1) is 12.5. The highest BCUT2D eigenvalue weighted by molar-refractivity contribution is 6.30. The van der Waals surface area contributed by atoms with Crippen molar-refractivity contribution in [3.63, 3.8) is 0 Å². The van der Waals surface area contributed by atoms with Crippen molar-refractivity contribution in [2.45, 2.75) is 12.5 Å². The van der Waals surface area contributed by atoms with E-state index in [0.717, 1.165) is 31.7 Å². The van der Waals surface area contributed by atoms with Gasteiger partial charge in [-0.1, -0.05) is 29.8 Å². The highest BCUT2D eigenvalue weighted by atomic mass is 35.5. The number of aliphatic carboxylic acids is 1. The molecule has 1 saturated heterocycles. The smallest absolute Gasteiger partial charge is 0.321 e. The summed E-state index contributed by atoms with van der Waals surface area (Å²) in [5.74, 6) is 0.531. The van der Waals surface area contributed by atoms with Crippen LogP contribution >= 0.6 is 11.6 Å². The Morgan fingerprint density at radius 2 is 1.85 bits per heavy atom. The lowest BCUT2D eigenvalue weighted by atomic mass is 10.0. The molecule has 6 heteroatoms. The number of rotatable bonds is 6. The first-order valence-corrected chi connectivity index (χ1v) is 9.07. The lowest BCUT2D eigenvalue weighted by Gasteiger charge is -2.36. The van der Waals surface area contributed by atoms with Gasteiger partial charge in [0, 0.05) is 37.6 Å². The first kappa shape index (κ1) is 18.7. The molecule has 0 bridgehead atoms. The topological polar surface area (TPSA) is 53.0 Å². The van der Waals surface area contributed by atoms with Gasteiger partial charge in [0.2, 0.25) is 0 Å². The van der Waals surface area contributed by atoms with Crippen molar-refractivity contribution in [3.05, 3.63) is 59.1 Å². The van der Waals surface area contributed by atoms with Gasteiger partial charge in [-0.15, -0.1) is 0 Å². The third kappa shape index (κ3) is 4.75. The fourth-order valence-corrected chi connectivity index (χ4v) is 3.33. The van der Waals surface area contributed by atoms with Crippen molar-refractivity contribution in [2.75, 3.05) is 33.2 Å². The number of likely N-dealkylation sites (N-methyl/N-ethyl adjacent to an activating group) is 1. The summed E-state index contributed by atoms with van der Waals surface area (Å²) in [7, 11) is 2.05. The Bertz CT molecular complexity index is 746. The summed E-state index contributed by atoms with van der Waals surface area (Å²) in [6.45, 7) is 3.21. The molecule has 1 heterocycles. The van der Waals surface area contributed by atoms with Gasteiger partial charge in [-0.05, 0) is 42.9 Å². The third-order valence-corrected chi connectivity index (χ3v) is 4.91. The van der Waals surface area contributed by atoms with Crippen LogP contribution in [0.1, 0.15) is 5.56 Å². The molecular weight excluding hydrogens is 352 g/mol. The van der Waals surface area contributed by atoms with E-state index >= 15 is 0 Å². The van der Waals surface area contributed by atoms with Crippen LogP contribution in [0.15, 0.2) is 48.5 Å². The Labute approximate surface area is 158 Å². The molecule has 3 rings (SSSR count). The van der Waals surface area contributed by atoms with Crippen LogP contribution in [0.4, 0.5) is 0 Å². The van der Waals surface area contributed by atoms with Crippen LogP contribution in [-0.2, 0) is 11.2 Å². The van der Waals surface area contributed by atoms with Gasteiger partial charge >= 0.3 is 5.97 Å². The van der Waals surface area contributed by atoms with Gasteiger partial charge in [0.25, 0.3) is 0 Å². The Balaban J connectivity index is 1.82. The van der Waals surface area contributed by atoms with Crippen molar-refractivity contribution in [3.8, 4) is 11.5 Å². The summed E-state index contributed by atoms with van der Waals surface area (Å²) in [5, 5.41) is 10.3. The molecule has 1 fully saturated rings. The summed E-state index contributed by atoms with van der Waals surface area (Å²) in [6, 6.07) is 14.2. The molecule has 0 unspecified atom stereocenters. The molecule has 0 spiro atoms. The van der Waals surface area contributed by atoms with Crippen LogP contribution < -0.4 is 4.74 Å². The lowest BCUT2D eigenvalue weighted by Crippen LogP contribution is -2.52. The van der Waals surface area contributed by atoms with Crippen molar-refractivity contribution in [2.24, 2.45) is 0 Å². The van der Waals surface area contributed by atoms with E-state index in [1.807, 2.05) is 35.2 Å². The number of carboxylic acids is 1. The molecule has 1 atom stereocenters. The van der Waals surface area contributed by atoms with Crippen molar-refractivity contribution in [1.29, 1.82) is 0 Å². The number of carbonyl (C=O) groups is 1. The maximum atomic E-state index is 11.9. The Morgan fingerprint density at radius 3 is 2.50 bits per heavy atom. The summed E-state index contributed by atoms with van der Waals surface area (Å²) in [5.41, 5.74) is 0.799. The van der Waals surface area contributed by atoms with Gasteiger partial charge in [0.05, 0.1) is 0 Å². The number of benzene rings is 2. The second-order valence-electron chi connectivity index (χ2n) is 6.56. The van der Waals surface area contributed by atoms with Gasteiger partial charge in [0.1, 0.15) is 17.5 Å². The predicted octanol–water partition coefficient (Wildman–Crippen LogP) is 3.38. The van der Waals surface area contributed by atoms with E-state index < -0.39 is 12.0 Å². The monoisotopic (exact) mass is 374 g/mol. The number of ether oxygens (including phenoxy) is 1. The molecule has 26 heavy (non-hydrogen) atoms. The molecule has 1 aliphatic rings. The number of piperazine rings is 1. The Hall–Kier alpha value is -2.08. The maximum Gasteiger partial charge on any atom is 0.321 e. The maximum absolute atomic E-state index is 11.9. The number of carboxylic acid groups (broad SMARTS) is 1. The minimum absolute atomic E-state index is 0.349. The largest absolute Gasteiger partial charge is 0.480 e. The molecule has 2 aromatic carbocycles. The number of nitrogens with zero attached hydrogens (tertiary/aromatic N) is 2. The molecule has 0 amide bonds. The van der Waals surface area contributed by atoms with E-state index in [4.69, 9.17) is 16.3 Å². The van der Waals surface area contributed by atoms with E-state index in [0.29, 0.717) is 22.9 Å². The van der Waals surface area contributed by atoms with E-state index in [1.165, 1.54) is 0 Å². The van der Waals surface area contributed by atoms with Crippen LogP contribution in [-0.4, -0.2) is 60.1 Å². The number of para-hydroxylation sites is 1. The van der Waals surface area contributed by atoms with Crippen LogP contribution in [0.3, 0.4) is 0 Å². The Kier molecular flexibility index (Phi) is 6.14. The zero-order valence-electron chi connectivity index (χ0n) is 14.8. The van der Waals surface area contributed by atoms with Gasteiger partial charge in [-0.3, -0.25) is 9.69 Å². The van der Waals surface area contributed by atoms with E-state index in [-0.39, 0.29) is 0 Å². The van der Waals surface area contributed by atoms with E-state index in [2.05, 4.69) is 11.9 Å². The van der Waals surface area contributed by atoms with Crippen LogP contribution in [0, 0.1) is 0 Å². The molecule has 0 saturated carbocycles. The highest BCUT2D eigenvalue weighted by Crippen LogP contribution is 2.29. The van der Waals surface area contributed by atoms with Gasteiger partial charge in [-0.2, -0.15) is 0 Å². The van der Waals surface area contributed by atoms with Crippen LogP contribution in [0.2, 0.25) is 5.02 Å². The molecule has 0 aromatic heterocycles. The number of hydrogen-bond acceptors (Lipinski definition) is 4. The zero-order valence-corrected chi connectivity index (χ0v) is 15.5. The SMILES string of the molecule is CN1CCN([C@@H](Cc2cc(Cl)ccc2Oc2ccccc2)C(=O)O)CC1. The number of hydrogen-bond donors (Lipinski definition) is 1. The van der Waals surface area contributed by atoms with E-state index in [1.54, 1.807) is 18.2 Å². The molecule has 5 nitrogen and oxygen atoms in total. The molecule has 0 aliphatic carbocycles. The van der Waals surface area contributed by atoms with Crippen LogP contribution in [0.5, 0.6) is 11.5 Å². The second-order valence-corrected chi connectivity index (χ2v) is 7.00. The van der Waals surface area contributed by atoms with Gasteiger partial charge < -0.3 is 14.7 Å².